The molecule has 1 aromatic rings. The van der Waals surface area contributed by atoms with E-state index in [2.05, 4.69) is 4.98 Å². The number of rotatable bonds is 2. The lowest BCUT2D eigenvalue weighted by molar-refractivity contribution is -0.141. The molecule has 2 nitrogen and oxygen atoms in total. The Hall–Kier alpha value is -1.31. The topological polar surface area (TPSA) is 38.9 Å². The van der Waals surface area contributed by atoms with Crippen molar-refractivity contribution in [3.63, 3.8) is 0 Å². The monoisotopic (exact) mass is 244 g/mol. The summed E-state index contributed by atoms with van der Waals surface area (Å²) in [5.74, 6) is -1.62. The fraction of sp³-hybridized carbons (Fsp3) is 0.375. The lowest BCUT2D eigenvalue weighted by Crippen LogP contribution is -2.14. The number of nitrogens with two attached hydrogens (primary N) is 1. The first-order chi connectivity index (χ1) is 7.27. The van der Waals surface area contributed by atoms with Gasteiger partial charge in [0.2, 0.25) is 5.95 Å². The Kier molecular flexibility index (Phi) is 3.41. The van der Waals surface area contributed by atoms with Gasteiger partial charge in [0.25, 0.3) is 6.43 Å². The van der Waals surface area contributed by atoms with E-state index in [4.69, 9.17) is 5.73 Å². The van der Waals surface area contributed by atoms with Gasteiger partial charge in [-0.2, -0.15) is 17.6 Å². The van der Waals surface area contributed by atoms with Crippen molar-refractivity contribution in [1.82, 2.24) is 4.98 Å². The molecule has 1 aromatic heterocycles. The van der Waals surface area contributed by atoms with Crippen LogP contribution in [-0.4, -0.2) is 4.98 Å². The average Bonchev–Trinajstić information content (AvgIpc) is 2.14. The molecule has 0 bridgehead atoms. The molecule has 0 saturated carbocycles. The van der Waals surface area contributed by atoms with Gasteiger partial charge >= 0.3 is 6.18 Å². The van der Waals surface area contributed by atoms with Gasteiger partial charge in [-0.15, -0.1) is 0 Å². The molecule has 0 aliphatic heterocycles. The van der Waals surface area contributed by atoms with Crippen molar-refractivity contribution in [2.75, 3.05) is 0 Å². The van der Waals surface area contributed by atoms with Crippen LogP contribution in [0.4, 0.5) is 26.3 Å². The van der Waals surface area contributed by atoms with Crippen LogP contribution in [-0.2, 0) is 12.7 Å². The summed E-state index contributed by atoms with van der Waals surface area (Å²) in [7, 11) is 0. The maximum atomic E-state index is 13.0. The summed E-state index contributed by atoms with van der Waals surface area (Å²) >= 11 is 0. The van der Waals surface area contributed by atoms with Crippen LogP contribution in [0.25, 0.3) is 0 Å². The third-order valence-corrected chi connectivity index (χ3v) is 1.84. The Morgan fingerprint density at radius 2 is 1.88 bits per heavy atom. The molecular formula is C8H6F6N2. The molecule has 0 atom stereocenters. The molecule has 0 saturated heterocycles. The normalized spacial score (nSPS) is 12.2. The van der Waals surface area contributed by atoms with Crippen molar-refractivity contribution in [2.24, 2.45) is 5.73 Å². The summed E-state index contributed by atoms with van der Waals surface area (Å²) < 4.78 is 74.1. The smallest absolute Gasteiger partial charge is 0.326 e. The second-order valence-electron chi connectivity index (χ2n) is 2.87. The van der Waals surface area contributed by atoms with Crippen LogP contribution >= 0.6 is 0 Å². The van der Waals surface area contributed by atoms with Gasteiger partial charge in [-0.3, -0.25) is 0 Å². The molecule has 0 amide bonds. The number of hydrogen-bond donors (Lipinski definition) is 1. The van der Waals surface area contributed by atoms with Gasteiger partial charge in [0.05, 0.1) is 0 Å². The van der Waals surface area contributed by atoms with Gasteiger partial charge in [-0.05, 0) is 6.07 Å². The molecule has 0 aromatic carbocycles. The van der Waals surface area contributed by atoms with Gasteiger partial charge in [0.15, 0.2) is 0 Å². The highest BCUT2D eigenvalue weighted by Crippen LogP contribution is 2.32. The van der Waals surface area contributed by atoms with E-state index in [-0.39, 0.29) is 6.07 Å². The zero-order valence-electron chi connectivity index (χ0n) is 7.65. The Labute approximate surface area is 86.1 Å². The van der Waals surface area contributed by atoms with Gasteiger partial charge < -0.3 is 5.73 Å². The Bertz CT molecular complexity index is 387. The minimum absolute atomic E-state index is 0.107. The van der Waals surface area contributed by atoms with Crippen LogP contribution in [0, 0.1) is 5.95 Å². The van der Waals surface area contributed by atoms with Crippen molar-refractivity contribution in [3.8, 4) is 0 Å². The molecule has 0 aliphatic carbocycles. The van der Waals surface area contributed by atoms with Crippen molar-refractivity contribution in [3.05, 3.63) is 28.8 Å². The Balaban J connectivity index is 3.40. The van der Waals surface area contributed by atoms with Gasteiger partial charge in [-0.1, -0.05) is 0 Å². The molecule has 8 heteroatoms. The maximum absolute atomic E-state index is 13.0. The molecule has 1 rings (SSSR count). The summed E-state index contributed by atoms with van der Waals surface area (Å²) in [5, 5.41) is 0. The molecular weight excluding hydrogens is 238 g/mol. The fourth-order valence-electron chi connectivity index (χ4n) is 1.10. The van der Waals surface area contributed by atoms with Crippen molar-refractivity contribution in [1.29, 1.82) is 0 Å². The van der Waals surface area contributed by atoms with E-state index in [9.17, 15) is 26.3 Å². The summed E-state index contributed by atoms with van der Waals surface area (Å²) in [6.07, 6.45) is -8.21. The third-order valence-electron chi connectivity index (χ3n) is 1.84. The number of pyridine rings is 1. The van der Waals surface area contributed by atoms with E-state index in [1.54, 1.807) is 0 Å². The lowest BCUT2D eigenvalue weighted by atomic mass is 10.1. The van der Waals surface area contributed by atoms with Crippen LogP contribution in [0.2, 0.25) is 0 Å². The van der Waals surface area contributed by atoms with Crippen LogP contribution < -0.4 is 5.73 Å². The standard InChI is InChI=1S/C8H6F6N2/c9-6(10)3-1-5(8(12,13)14)16-7(11)4(3)2-15/h1,6H,2,15H2. The number of aromatic nitrogens is 1. The molecule has 0 aliphatic rings. The van der Waals surface area contributed by atoms with E-state index in [0.29, 0.717) is 0 Å². The first kappa shape index (κ1) is 12.8. The molecule has 0 spiro atoms. The number of halogens is 6. The molecule has 0 radical (unpaired) electrons. The van der Waals surface area contributed by atoms with Crippen molar-refractivity contribution >= 4 is 0 Å². The largest absolute Gasteiger partial charge is 0.433 e. The first-order valence-electron chi connectivity index (χ1n) is 4.02. The minimum Gasteiger partial charge on any atom is -0.326 e. The number of alkyl halides is 5. The molecule has 2 N–H and O–H groups in total. The van der Waals surface area contributed by atoms with Crippen molar-refractivity contribution in [2.45, 2.75) is 19.1 Å². The summed E-state index contributed by atoms with van der Waals surface area (Å²) in [6.45, 7) is -0.642. The highest BCUT2D eigenvalue weighted by atomic mass is 19.4. The van der Waals surface area contributed by atoms with Crippen LogP contribution in [0.5, 0.6) is 0 Å². The Morgan fingerprint density at radius 1 is 1.31 bits per heavy atom. The van der Waals surface area contributed by atoms with Crippen LogP contribution in [0.1, 0.15) is 23.2 Å². The van der Waals surface area contributed by atoms with Crippen LogP contribution in [0.15, 0.2) is 6.07 Å². The second kappa shape index (κ2) is 4.28. The van der Waals surface area contributed by atoms with Gasteiger partial charge in [0, 0.05) is 17.7 Å². The Morgan fingerprint density at radius 3 is 2.25 bits per heavy atom. The van der Waals surface area contributed by atoms with E-state index in [1.165, 1.54) is 0 Å². The summed E-state index contributed by atoms with van der Waals surface area (Å²) in [4.78, 5) is 2.55. The number of nitrogens with zero attached hydrogens (tertiary/aromatic N) is 1. The number of hydrogen-bond acceptors (Lipinski definition) is 2. The quantitative estimate of drug-likeness (QED) is 0.641. The van der Waals surface area contributed by atoms with Crippen LogP contribution in [0.3, 0.4) is 0 Å². The third kappa shape index (κ3) is 2.43. The van der Waals surface area contributed by atoms with E-state index in [1.807, 2.05) is 0 Å². The first-order valence-corrected chi connectivity index (χ1v) is 4.02. The highest BCUT2D eigenvalue weighted by Gasteiger charge is 2.35. The predicted molar refractivity (Wildman–Crippen MR) is 42.0 cm³/mol. The molecule has 0 fully saturated rings. The molecule has 1 heterocycles. The van der Waals surface area contributed by atoms with E-state index >= 15 is 0 Å². The van der Waals surface area contributed by atoms with Gasteiger partial charge in [-0.25, -0.2) is 13.8 Å². The highest BCUT2D eigenvalue weighted by molar-refractivity contribution is 5.30. The fourth-order valence-corrected chi connectivity index (χ4v) is 1.10. The molecule has 0 unspecified atom stereocenters. The van der Waals surface area contributed by atoms with Gasteiger partial charge in [0.1, 0.15) is 5.69 Å². The van der Waals surface area contributed by atoms with E-state index < -0.39 is 41.9 Å². The molecule has 90 valence electrons. The zero-order chi connectivity index (χ0) is 12.5. The lowest BCUT2D eigenvalue weighted by Gasteiger charge is -2.12. The SMILES string of the molecule is NCc1c(C(F)F)cc(C(F)(F)F)nc1F. The summed E-state index contributed by atoms with van der Waals surface area (Å²) in [5.41, 5.74) is 1.47. The van der Waals surface area contributed by atoms with E-state index in [0.717, 1.165) is 0 Å². The maximum Gasteiger partial charge on any atom is 0.433 e. The summed E-state index contributed by atoms with van der Waals surface area (Å²) in [6, 6.07) is 0.107. The second-order valence-corrected chi connectivity index (χ2v) is 2.87. The average molecular weight is 244 g/mol. The predicted octanol–water partition coefficient (Wildman–Crippen LogP) is 2.64. The minimum atomic E-state index is -4.97. The van der Waals surface area contributed by atoms with Crippen molar-refractivity contribution < 1.29 is 26.3 Å². The molecule has 16 heavy (non-hydrogen) atoms. The zero-order valence-corrected chi connectivity index (χ0v) is 7.65.